The van der Waals surface area contributed by atoms with Crippen molar-refractivity contribution in [3.05, 3.63) is 0 Å². The maximum absolute atomic E-state index is 10.7. The summed E-state index contributed by atoms with van der Waals surface area (Å²) >= 11 is 0. The van der Waals surface area contributed by atoms with Crippen molar-refractivity contribution in [2.75, 3.05) is 6.16 Å². The molecule has 4 heteroatoms. The van der Waals surface area contributed by atoms with E-state index in [2.05, 4.69) is 13.8 Å². The van der Waals surface area contributed by atoms with Crippen molar-refractivity contribution in [2.24, 2.45) is 5.92 Å². The molecular weight excluding hydrogens is 307 g/mol. The predicted octanol–water partition coefficient (Wildman–Crippen LogP) is 6.67. The topological polar surface area (TPSA) is 57.5 Å². The highest BCUT2D eigenvalue weighted by molar-refractivity contribution is 7.51. The van der Waals surface area contributed by atoms with Gasteiger partial charge in [-0.3, -0.25) is 4.57 Å². The fraction of sp³-hybridized carbons (Fsp3) is 1.00. The summed E-state index contributed by atoms with van der Waals surface area (Å²) in [7, 11) is -3.76. The fourth-order valence-corrected chi connectivity index (χ4v) is 3.97. The molecule has 0 spiro atoms. The highest BCUT2D eigenvalue weighted by Gasteiger charge is 2.11. The smallest absolute Gasteiger partial charge is 0.324 e. The highest BCUT2D eigenvalue weighted by atomic mass is 31.2. The summed E-state index contributed by atoms with van der Waals surface area (Å²) < 4.78 is 10.7. The molecular formula is C19H41O3P. The summed E-state index contributed by atoms with van der Waals surface area (Å²) in [5.41, 5.74) is 0. The second-order valence-electron chi connectivity index (χ2n) is 7.16. The van der Waals surface area contributed by atoms with Crippen molar-refractivity contribution >= 4 is 7.60 Å². The van der Waals surface area contributed by atoms with Gasteiger partial charge in [0, 0.05) is 6.16 Å². The molecule has 0 aromatic carbocycles. The van der Waals surface area contributed by atoms with Crippen LogP contribution < -0.4 is 0 Å². The maximum Gasteiger partial charge on any atom is 0.325 e. The molecule has 0 rings (SSSR count). The van der Waals surface area contributed by atoms with Crippen LogP contribution in [0.1, 0.15) is 110 Å². The van der Waals surface area contributed by atoms with E-state index in [-0.39, 0.29) is 6.16 Å². The Morgan fingerprint density at radius 2 is 1.13 bits per heavy atom. The Morgan fingerprint density at radius 1 is 0.652 bits per heavy atom. The van der Waals surface area contributed by atoms with E-state index in [1.54, 1.807) is 0 Å². The first-order chi connectivity index (χ1) is 11.0. The Hall–Kier alpha value is 0.150. The SMILES string of the molecule is CCCCCC(CCC)CCCCCCCCCCP(=O)(O)O. The minimum atomic E-state index is -3.76. The normalized spacial score (nSPS) is 13.4. The van der Waals surface area contributed by atoms with Crippen LogP contribution >= 0.6 is 7.60 Å². The first kappa shape index (κ1) is 23.1. The number of rotatable bonds is 17. The molecule has 1 unspecified atom stereocenters. The zero-order valence-electron chi connectivity index (χ0n) is 15.6. The number of hydrogen-bond acceptors (Lipinski definition) is 1. The van der Waals surface area contributed by atoms with Gasteiger partial charge < -0.3 is 9.79 Å². The first-order valence-corrected chi connectivity index (χ1v) is 11.8. The van der Waals surface area contributed by atoms with E-state index < -0.39 is 7.60 Å². The molecule has 0 bridgehead atoms. The first-order valence-electron chi connectivity index (χ1n) is 10.0. The minimum absolute atomic E-state index is 0.0594. The quantitative estimate of drug-likeness (QED) is 0.228. The molecule has 0 aliphatic heterocycles. The third-order valence-corrected chi connectivity index (χ3v) is 5.62. The Labute approximate surface area is 144 Å². The zero-order valence-corrected chi connectivity index (χ0v) is 16.5. The highest BCUT2D eigenvalue weighted by Crippen LogP contribution is 2.35. The van der Waals surface area contributed by atoms with E-state index in [9.17, 15) is 4.57 Å². The molecule has 0 aromatic rings. The van der Waals surface area contributed by atoms with Crippen LogP contribution in [-0.4, -0.2) is 15.9 Å². The van der Waals surface area contributed by atoms with Gasteiger partial charge in [-0.05, 0) is 12.3 Å². The number of hydrogen-bond donors (Lipinski definition) is 2. The van der Waals surface area contributed by atoms with Gasteiger partial charge in [-0.15, -0.1) is 0 Å². The molecule has 0 saturated carbocycles. The van der Waals surface area contributed by atoms with E-state index in [0.717, 1.165) is 18.8 Å². The monoisotopic (exact) mass is 348 g/mol. The van der Waals surface area contributed by atoms with E-state index in [1.807, 2.05) is 0 Å². The second-order valence-corrected chi connectivity index (χ2v) is 8.93. The zero-order chi connectivity index (χ0) is 17.4. The minimum Gasteiger partial charge on any atom is -0.324 e. The van der Waals surface area contributed by atoms with Crippen LogP contribution in [0, 0.1) is 5.92 Å². The average molecular weight is 349 g/mol. The summed E-state index contributed by atoms with van der Waals surface area (Å²) in [6.45, 7) is 4.58. The van der Waals surface area contributed by atoms with Crippen molar-refractivity contribution in [2.45, 2.75) is 110 Å². The van der Waals surface area contributed by atoms with Gasteiger partial charge in [0.15, 0.2) is 0 Å². The maximum atomic E-state index is 10.7. The molecule has 0 amide bonds. The molecule has 0 radical (unpaired) electrons. The van der Waals surface area contributed by atoms with Crippen molar-refractivity contribution in [3.8, 4) is 0 Å². The van der Waals surface area contributed by atoms with Gasteiger partial charge in [-0.2, -0.15) is 0 Å². The van der Waals surface area contributed by atoms with Gasteiger partial charge in [-0.25, -0.2) is 0 Å². The van der Waals surface area contributed by atoms with Gasteiger partial charge in [-0.1, -0.05) is 104 Å². The Kier molecular flexibility index (Phi) is 15.8. The van der Waals surface area contributed by atoms with Crippen LogP contribution in [0.15, 0.2) is 0 Å². The standard InChI is InChI=1S/C19H41O3P/c1-3-5-12-16-19(15-4-2)17-13-10-8-6-7-9-11-14-18-23(20,21)22/h19H,3-18H2,1-2H3,(H2,20,21,22). The van der Waals surface area contributed by atoms with Gasteiger partial charge in [0.2, 0.25) is 0 Å². The molecule has 23 heavy (non-hydrogen) atoms. The summed E-state index contributed by atoms with van der Waals surface area (Å²) in [6, 6.07) is 0. The molecule has 0 aromatic heterocycles. The molecule has 0 fully saturated rings. The molecule has 0 saturated heterocycles. The van der Waals surface area contributed by atoms with E-state index in [1.165, 1.54) is 77.0 Å². The lowest BCUT2D eigenvalue weighted by atomic mass is 9.91. The molecule has 0 heterocycles. The lowest BCUT2D eigenvalue weighted by Gasteiger charge is -2.15. The molecule has 3 nitrogen and oxygen atoms in total. The Balaban J connectivity index is 3.40. The van der Waals surface area contributed by atoms with Crippen LogP contribution in [0.2, 0.25) is 0 Å². The average Bonchev–Trinajstić information content (AvgIpc) is 2.48. The van der Waals surface area contributed by atoms with Crippen LogP contribution in [0.5, 0.6) is 0 Å². The second kappa shape index (κ2) is 15.7. The lowest BCUT2D eigenvalue weighted by molar-refractivity contribution is 0.370. The van der Waals surface area contributed by atoms with Crippen LogP contribution in [-0.2, 0) is 4.57 Å². The van der Waals surface area contributed by atoms with Crippen LogP contribution in [0.3, 0.4) is 0 Å². The molecule has 1 atom stereocenters. The van der Waals surface area contributed by atoms with Crippen molar-refractivity contribution in [1.82, 2.24) is 0 Å². The van der Waals surface area contributed by atoms with Gasteiger partial charge in [0.1, 0.15) is 0 Å². The third-order valence-electron chi connectivity index (χ3n) is 4.72. The third kappa shape index (κ3) is 18.3. The summed E-state index contributed by atoms with van der Waals surface area (Å²) in [5, 5.41) is 0. The molecule has 0 aliphatic carbocycles. The molecule has 0 aliphatic rings. The lowest BCUT2D eigenvalue weighted by Crippen LogP contribution is -2.00. The van der Waals surface area contributed by atoms with E-state index in [0.29, 0.717) is 6.42 Å². The van der Waals surface area contributed by atoms with Gasteiger partial charge >= 0.3 is 7.60 Å². The Bertz CT molecular complexity index is 288. The van der Waals surface area contributed by atoms with Crippen LogP contribution in [0.25, 0.3) is 0 Å². The predicted molar refractivity (Wildman–Crippen MR) is 101 cm³/mol. The number of unbranched alkanes of at least 4 members (excludes halogenated alkanes) is 9. The largest absolute Gasteiger partial charge is 0.325 e. The molecule has 140 valence electrons. The Morgan fingerprint density at radius 3 is 1.61 bits per heavy atom. The molecule has 2 N–H and O–H groups in total. The van der Waals surface area contributed by atoms with Gasteiger partial charge in [0.25, 0.3) is 0 Å². The van der Waals surface area contributed by atoms with Crippen molar-refractivity contribution < 1.29 is 14.4 Å². The van der Waals surface area contributed by atoms with E-state index >= 15 is 0 Å². The van der Waals surface area contributed by atoms with Gasteiger partial charge in [0.05, 0.1) is 0 Å². The summed E-state index contributed by atoms with van der Waals surface area (Å²) in [5.74, 6) is 0.958. The van der Waals surface area contributed by atoms with E-state index in [4.69, 9.17) is 9.79 Å². The van der Waals surface area contributed by atoms with Crippen molar-refractivity contribution in [1.29, 1.82) is 0 Å². The fourth-order valence-electron chi connectivity index (χ4n) is 3.34. The van der Waals surface area contributed by atoms with Crippen LogP contribution in [0.4, 0.5) is 0 Å². The summed E-state index contributed by atoms with van der Waals surface area (Å²) in [4.78, 5) is 17.6. The summed E-state index contributed by atoms with van der Waals surface area (Å²) in [6.07, 6.45) is 19.1. The van der Waals surface area contributed by atoms with Crippen molar-refractivity contribution in [3.63, 3.8) is 0 Å².